The van der Waals surface area contributed by atoms with Gasteiger partial charge in [0.2, 0.25) is 5.91 Å². The molecule has 0 radical (unpaired) electrons. The number of halogens is 1. The highest BCUT2D eigenvalue weighted by molar-refractivity contribution is 9.10. The first kappa shape index (κ1) is 26.0. The third kappa shape index (κ3) is 6.39. The van der Waals surface area contributed by atoms with Gasteiger partial charge in [-0.1, -0.05) is 40.2 Å². The molecule has 37 heavy (non-hydrogen) atoms. The lowest BCUT2D eigenvalue weighted by molar-refractivity contribution is -0.127. The van der Waals surface area contributed by atoms with Crippen LogP contribution in [0, 0.1) is 11.3 Å². The Morgan fingerprint density at radius 1 is 1.11 bits per heavy atom. The van der Waals surface area contributed by atoms with Crippen LogP contribution >= 0.6 is 27.7 Å². The molecule has 1 saturated heterocycles. The fourth-order valence-corrected chi connectivity index (χ4v) is 4.57. The van der Waals surface area contributed by atoms with Gasteiger partial charge in [0.1, 0.15) is 13.2 Å². The average molecular weight is 578 g/mol. The number of hydrogen-bond acceptors (Lipinski definition) is 7. The van der Waals surface area contributed by atoms with Crippen molar-refractivity contribution >= 4 is 56.5 Å². The van der Waals surface area contributed by atoms with Gasteiger partial charge >= 0.3 is 0 Å². The number of thioether (sulfide) groups is 1. The van der Waals surface area contributed by atoms with Gasteiger partial charge < -0.3 is 14.8 Å². The molecule has 10 heteroatoms. The van der Waals surface area contributed by atoms with Gasteiger partial charge in [-0.15, -0.1) is 0 Å². The van der Waals surface area contributed by atoms with Crippen LogP contribution in [0.3, 0.4) is 0 Å². The van der Waals surface area contributed by atoms with E-state index in [-0.39, 0.29) is 11.5 Å². The van der Waals surface area contributed by atoms with Crippen LogP contribution in [0.2, 0.25) is 0 Å². The molecule has 0 bridgehead atoms. The van der Waals surface area contributed by atoms with E-state index in [1.54, 1.807) is 60.7 Å². The number of nitrogens with one attached hydrogen (secondary N) is 1. The molecule has 1 aliphatic rings. The molecule has 0 spiro atoms. The monoisotopic (exact) mass is 577 g/mol. The molecular formula is C27H20BrN3O5S. The van der Waals surface area contributed by atoms with Crippen LogP contribution in [0.25, 0.3) is 6.08 Å². The molecule has 0 unspecified atom stereocenters. The summed E-state index contributed by atoms with van der Waals surface area (Å²) in [6, 6.07) is 21.3. The molecule has 0 aromatic heterocycles. The zero-order valence-electron chi connectivity index (χ0n) is 19.6. The lowest BCUT2D eigenvalue weighted by atomic mass is 10.1. The third-order valence-electron chi connectivity index (χ3n) is 5.31. The fourth-order valence-electron chi connectivity index (χ4n) is 3.47. The van der Waals surface area contributed by atoms with Gasteiger partial charge in [-0.05, 0) is 65.9 Å². The average Bonchev–Trinajstić information content (AvgIpc) is 3.16. The highest BCUT2D eigenvalue weighted by Gasteiger charge is 2.36. The molecule has 1 N–H and O–H groups in total. The maximum Gasteiger partial charge on any atom is 0.294 e. The fraction of sp³-hybridized carbons (Fsp3) is 0.111. The number of imide groups is 1. The number of amides is 3. The number of nitrogens with zero attached hydrogens (tertiary/aromatic N) is 2. The number of hydrogen-bond donors (Lipinski definition) is 1. The molecule has 186 valence electrons. The molecular weight excluding hydrogens is 558 g/mol. The Bertz CT molecular complexity index is 1430. The van der Waals surface area contributed by atoms with Gasteiger partial charge in [0.05, 0.1) is 23.6 Å². The highest BCUT2D eigenvalue weighted by Crippen LogP contribution is 2.35. The molecule has 1 heterocycles. The number of methoxy groups -OCH3 is 1. The molecule has 1 aliphatic heterocycles. The second-order valence-corrected chi connectivity index (χ2v) is 9.70. The van der Waals surface area contributed by atoms with Crippen molar-refractivity contribution in [3.05, 3.63) is 92.8 Å². The van der Waals surface area contributed by atoms with Gasteiger partial charge in [-0.3, -0.25) is 19.3 Å². The summed E-state index contributed by atoms with van der Waals surface area (Å²) in [6.07, 6.45) is 1.56. The number of ether oxygens (including phenoxy) is 2. The van der Waals surface area contributed by atoms with Crippen LogP contribution in [-0.4, -0.2) is 35.6 Å². The lowest BCUT2D eigenvalue weighted by Crippen LogP contribution is -2.36. The molecule has 0 aliphatic carbocycles. The molecule has 1 fully saturated rings. The molecule has 3 amide bonds. The minimum absolute atomic E-state index is 0.181. The topological polar surface area (TPSA) is 109 Å². The minimum Gasteiger partial charge on any atom is -0.493 e. The van der Waals surface area contributed by atoms with Crippen molar-refractivity contribution in [2.45, 2.75) is 6.61 Å². The Kier molecular flexibility index (Phi) is 8.28. The van der Waals surface area contributed by atoms with Gasteiger partial charge in [0.15, 0.2) is 11.5 Å². The van der Waals surface area contributed by atoms with Crippen molar-refractivity contribution in [3.8, 4) is 17.6 Å². The number of benzene rings is 3. The maximum absolute atomic E-state index is 12.8. The highest BCUT2D eigenvalue weighted by atomic mass is 79.9. The summed E-state index contributed by atoms with van der Waals surface area (Å²) < 4.78 is 12.2. The van der Waals surface area contributed by atoms with Crippen LogP contribution in [0.15, 0.2) is 76.1 Å². The summed E-state index contributed by atoms with van der Waals surface area (Å²) in [5.74, 6) is -0.137. The summed E-state index contributed by atoms with van der Waals surface area (Å²) >= 11 is 4.09. The van der Waals surface area contributed by atoms with Crippen LogP contribution in [0.4, 0.5) is 10.5 Å². The maximum atomic E-state index is 12.8. The second-order valence-electron chi connectivity index (χ2n) is 7.79. The van der Waals surface area contributed by atoms with E-state index in [2.05, 4.69) is 27.3 Å². The Hall–Kier alpha value is -4.07. The summed E-state index contributed by atoms with van der Waals surface area (Å²) in [5.41, 5.74) is 2.45. The van der Waals surface area contributed by atoms with Crippen molar-refractivity contribution in [2.24, 2.45) is 0 Å². The summed E-state index contributed by atoms with van der Waals surface area (Å²) in [7, 11) is 1.49. The first-order chi connectivity index (χ1) is 17.9. The van der Waals surface area contributed by atoms with Crippen molar-refractivity contribution < 1.29 is 23.9 Å². The van der Waals surface area contributed by atoms with E-state index in [9.17, 15) is 19.6 Å². The van der Waals surface area contributed by atoms with Gasteiger partial charge in [0, 0.05) is 15.7 Å². The van der Waals surface area contributed by atoms with Crippen molar-refractivity contribution in [1.82, 2.24) is 4.90 Å². The van der Waals surface area contributed by atoms with Crippen molar-refractivity contribution in [2.75, 3.05) is 19.0 Å². The zero-order chi connectivity index (χ0) is 26.4. The summed E-state index contributed by atoms with van der Waals surface area (Å²) in [5, 5.41) is 11.4. The molecule has 0 atom stereocenters. The van der Waals surface area contributed by atoms with E-state index in [0.717, 1.165) is 26.7 Å². The lowest BCUT2D eigenvalue weighted by Gasteiger charge is -2.13. The Labute approximate surface area is 226 Å². The van der Waals surface area contributed by atoms with Crippen LogP contribution in [0.5, 0.6) is 11.5 Å². The van der Waals surface area contributed by atoms with E-state index in [0.29, 0.717) is 28.3 Å². The Morgan fingerprint density at radius 2 is 1.86 bits per heavy atom. The molecule has 8 nitrogen and oxygen atoms in total. The Morgan fingerprint density at radius 3 is 2.59 bits per heavy atom. The van der Waals surface area contributed by atoms with Crippen LogP contribution in [0.1, 0.15) is 16.7 Å². The SMILES string of the molecule is COc1cc(/C=C2\SC(=O)N(CC(=O)Nc3ccc(Br)cc3)C2=O)ccc1OCc1ccccc1C#N. The van der Waals surface area contributed by atoms with Crippen LogP contribution < -0.4 is 14.8 Å². The molecule has 4 rings (SSSR count). The standard InChI is InChI=1S/C27H20BrN3O5S/c1-35-23-12-17(6-11-22(23)36-16-19-5-3-2-4-18(19)14-29)13-24-26(33)31(27(34)37-24)15-25(32)30-21-9-7-20(28)8-10-21/h2-13H,15-16H2,1H3,(H,30,32)/b24-13-. The van der Waals surface area contributed by atoms with E-state index in [1.807, 2.05) is 12.1 Å². The first-order valence-electron chi connectivity index (χ1n) is 11.0. The number of carbonyl (C=O) groups is 3. The van der Waals surface area contributed by atoms with E-state index in [1.165, 1.54) is 7.11 Å². The number of nitriles is 1. The summed E-state index contributed by atoms with van der Waals surface area (Å²) in [6.45, 7) is -0.209. The van der Waals surface area contributed by atoms with E-state index >= 15 is 0 Å². The van der Waals surface area contributed by atoms with Crippen molar-refractivity contribution in [1.29, 1.82) is 5.26 Å². The molecule has 3 aromatic carbocycles. The normalized spacial score (nSPS) is 14.0. The smallest absolute Gasteiger partial charge is 0.294 e. The van der Waals surface area contributed by atoms with Gasteiger partial charge in [-0.2, -0.15) is 5.26 Å². The van der Waals surface area contributed by atoms with E-state index < -0.39 is 23.6 Å². The van der Waals surface area contributed by atoms with Gasteiger partial charge in [0.25, 0.3) is 11.1 Å². The van der Waals surface area contributed by atoms with E-state index in [4.69, 9.17) is 9.47 Å². The minimum atomic E-state index is -0.548. The second kappa shape index (κ2) is 11.8. The van der Waals surface area contributed by atoms with Crippen molar-refractivity contribution in [3.63, 3.8) is 0 Å². The molecule has 0 saturated carbocycles. The number of rotatable bonds is 8. The number of anilines is 1. The molecule has 3 aromatic rings. The number of carbonyl (C=O) groups excluding carboxylic acids is 3. The largest absolute Gasteiger partial charge is 0.493 e. The first-order valence-corrected chi connectivity index (χ1v) is 12.6. The predicted octanol–water partition coefficient (Wildman–Crippen LogP) is 5.58. The zero-order valence-corrected chi connectivity index (χ0v) is 22.0. The van der Waals surface area contributed by atoms with Crippen LogP contribution in [-0.2, 0) is 16.2 Å². The Balaban J connectivity index is 1.43. The summed E-state index contributed by atoms with van der Waals surface area (Å²) in [4.78, 5) is 38.8. The predicted molar refractivity (Wildman–Crippen MR) is 144 cm³/mol. The third-order valence-corrected chi connectivity index (χ3v) is 6.75. The quantitative estimate of drug-likeness (QED) is 0.348. The van der Waals surface area contributed by atoms with Gasteiger partial charge in [-0.25, -0.2) is 0 Å².